The minimum absolute atomic E-state index is 0. The molecule has 0 aliphatic rings. The molecule has 0 fully saturated rings. The van der Waals surface area contributed by atoms with Crippen LogP contribution in [-0.4, -0.2) is 0 Å². The Bertz CT molecular complexity index is 76.5. The van der Waals surface area contributed by atoms with Gasteiger partial charge in [0, 0.05) is 25.8 Å². The first kappa shape index (κ1) is 16.0. The summed E-state index contributed by atoms with van der Waals surface area (Å²) in [5, 5.41) is 0. The van der Waals surface area contributed by atoms with Crippen LogP contribution < -0.4 is 0 Å². The second-order valence-electron chi connectivity index (χ2n) is 1.08. The molecule has 0 saturated heterocycles. The monoisotopic (exact) mass is 287 g/mol. The minimum atomic E-state index is 0. The number of rotatable bonds is 0. The van der Waals surface area contributed by atoms with Gasteiger partial charge in [0.1, 0.15) is 0 Å². The molecule has 0 atom stereocenters. The largest absolute Gasteiger partial charge is 0.358 e. The van der Waals surface area contributed by atoms with Crippen LogP contribution in [0.2, 0.25) is 0 Å². The first-order valence-electron chi connectivity index (χ1n) is 1.91. The Hall–Kier alpha value is 0.0901. The van der Waals surface area contributed by atoms with Gasteiger partial charge >= 0.3 is 0 Å². The average Bonchev–Trinajstić information content (AvgIpc) is 1.72. The predicted octanol–water partition coefficient (Wildman–Crippen LogP) is 2.38. The van der Waals surface area contributed by atoms with Crippen LogP contribution >= 0.6 is 0 Å². The van der Waals surface area contributed by atoms with Crippen LogP contribution in [0.25, 0.3) is 0 Å². The molecule has 1 heteroatoms. The van der Waals surface area contributed by atoms with Gasteiger partial charge in [-0.3, -0.25) is 0 Å². The van der Waals surface area contributed by atoms with Gasteiger partial charge in [0.15, 0.2) is 0 Å². The number of hydrogen-bond donors (Lipinski definition) is 0. The summed E-state index contributed by atoms with van der Waals surface area (Å²) >= 11 is 0. The number of benzene rings is 1. The molecule has 0 saturated carbocycles. The average molecular weight is 286 g/mol. The van der Waals surface area contributed by atoms with Gasteiger partial charge in [0.2, 0.25) is 0 Å². The van der Waals surface area contributed by atoms with E-state index >= 15 is 0 Å². The van der Waals surface area contributed by atoms with Gasteiger partial charge < -0.3 is 14.9 Å². The van der Waals surface area contributed by atoms with Gasteiger partial charge in [-0.2, -0.15) is 36.4 Å². The molecule has 0 nitrogen and oxygen atoms in total. The molecule has 0 unspecified atom stereocenters. The van der Waals surface area contributed by atoms with E-state index in [2.05, 4.69) is 6.07 Å². The van der Waals surface area contributed by atoms with Gasteiger partial charge in [-0.25, -0.2) is 0 Å². The molecule has 0 aliphatic heterocycles. The molecule has 50 valence electrons. The normalized spacial score (nSPS) is 5.33. The summed E-state index contributed by atoms with van der Waals surface area (Å²) in [5.41, 5.74) is 0. The maximum absolute atomic E-state index is 2.89. The first-order chi connectivity index (χ1) is 3.00. The third-order valence-corrected chi connectivity index (χ3v) is 0.607. The summed E-state index contributed by atoms with van der Waals surface area (Å²) in [7, 11) is 0. The van der Waals surface area contributed by atoms with Crippen molar-refractivity contribution in [3.05, 3.63) is 51.3 Å². The van der Waals surface area contributed by atoms with Gasteiger partial charge in [-0.15, -0.1) is 0 Å². The Morgan fingerprint density at radius 1 is 0.778 bits per heavy atom. The van der Waals surface area contributed by atoms with E-state index in [9.17, 15) is 0 Å². The van der Waals surface area contributed by atoms with Gasteiger partial charge in [0.25, 0.3) is 0 Å². The van der Waals surface area contributed by atoms with Crippen LogP contribution in [0.3, 0.4) is 0 Å². The molecule has 0 N–H and O–H groups in total. The molecule has 0 bridgehead atoms. The number of hydrogen-bond acceptors (Lipinski definition) is 0. The van der Waals surface area contributed by atoms with E-state index in [1.165, 1.54) is 0 Å². The zero-order valence-electron chi connectivity index (χ0n) is 5.89. The molecule has 1 aromatic rings. The first-order valence-corrected chi connectivity index (χ1v) is 1.91. The predicted molar refractivity (Wildman–Crippen MR) is 38.1 cm³/mol. The zero-order chi connectivity index (χ0) is 4.24. The van der Waals surface area contributed by atoms with Crippen molar-refractivity contribution in [1.82, 2.24) is 0 Å². The maximum Gasteiger partial charge on any atom is 0 e. The molecule has 0 aromatic heterocycles. The van der Waals surface area contributed by atoms with Gasteiger partial charge in [0.05, 0.1) is 0 Å². The van der Waals surface area contributed by atoms with E-state index in [-0.39, 0.29) is 40.7 Å². The van der Waals surface area contributed by atoms with E-state index in [1.54, 1.807) is 0 Å². The van der Waals surface area contributed by atoms with Crippen LogP contribution in [0.4, 0.5) is 0 Å². The molecule has 9 heavy (non-hydrogen) atoms. The second kappa shape index (κ2) is 11.0. The Morgan fingerprint density at radius 2 is 1.22 bits per heavy atom. The molecular weight excluding hydrogens is 275 g/mol. The van der Waals surface area contributed by atoms with Crippen molar-refractivity contribution in [2.45, 2.75) is 0 Å². The minimum Gasteiger partial charge on any atom is -0.358 e. The fraction of sp³-hybridized carbons (Fsp3) is 0. The van der Waals surface area contributed by atoms with Crippen molar-refractivity contribution in [1.29, 1.82) is 0 Å². The van der Waals surface area contributed by atoms with Gasteiger partial charge in [-0.05, 0) is 0 Å². The summed E-state index contributed by atoms with van der Waals surface area (Å²) < 4.78 is 0. The van der Waals surface area contributed by atoms with Crippen LogP contribution in [0.15, 0.2) is 30.3 Å². The zero-order valence-corrected chi connectivity index (χ0v) is 9.48. The standard InChI is InChI=1S/C6H5.2CH3.Hf/c1-2-4-6-5-3-1;;;/h1-5H;2*1H3;/q3*-1;. The van der Waals surface area contributed by atoms with E-state index in [4.69, 9.17) is 0 Å². The van der Waals surface area contributed by atoms with Gasteiger partial charge in [-0.1, -0.05) is 0 Å². The van der Waals surface area contributed by atoms with Crippen LogP contribution in [-0.2, 0) is 25.8 Å². The molecule has 1 rings (SSSR count). The molecule has 0 amide bonds. The van der Waals surface area contributed by atoms with Crippen molar-refractivity contribution < 1.29 is 25.8 Å². The maximum atomic E-state index is 2.89. The fourth-order valence-corrected chi connectivity index (χ4v) is 0.342. The van der Waals surface area contributed by atoms with E-state index in [1.807, 2.05) is 30.3 Å². The van der Waals surface area contributed by atoms with Crippen molar-refractivity contribution in [3.63, 3.8) is 0 Å². The van der Waals surface area contributed by atoms with Crippen LogP contribution in [0.5, 0.6) is 0 Å². The SMILES string of the molecule is [CH3-].[CH3-].[Hf].[c-]1ccccc1. The summed E-state index contributed by atoms with van der Waals surface area (Å²) in [6.45, 7) is 0. The van der Waals surface area contributed by atoms with Crippen molar-refractivity contribution in [2.24, 2.45) is 0 Å². The quantitative estimate of drug-likeness (QED) is 0.507. The molecule has 0 aliphatic carbocycles. The Morgan fingerprint density at radius 3 is 1.33 bits per heavy atom. The Balaban J connectivity index is -0.000000120. The van der Waals surface area contributed by atoms with E-state index in [0.717, 1.165) is 0 Å². The molecule has 0 radical (unpaired) electrons. The third-order valence-electron chi connectivity index (χ3n) is 0.607. The van der Waals surface area contributed by atoms with Crippen molar-refractivity contribution in [3.8, 4) is 0 Å². The summed E-state index contributed by atoms with van der Waals surface area (Å²) in [6.07, 6.45) is 0. The molecule has 1 aromatic carbocycles. The molecule has 0 heterocycles. The molecular formula is C8H11Hf-3. The third kappa shape index (κ3) is 8.09. The Labute approximate surface area is 77.1 Å². The fourth-order valence-electron chi connectivity index (χ4n) is 0.342. The topological polar surface area (TPSA) is 0 Å². The van der Waals surface area contributed by atoms with Crippen molar-refractivity contribution in [2.75, 3.05) is 0 Å². The van der Waals surface area contributed by atoms with E-state index in [0.29, 0.717) is 0 Å². The van der Waals surface area contributed by atoms with Crippen molar-refractivity contribution >= 4 is 0 Å². The van der Waals surface area contributed by atoms with E-state index < -0.39 is 0 Å². The van der Waals surface area contributed by atoms with Crippen LogP contribution in [0.1, 0.15) is 0 Å². The second-order valence-corrected chi connectivity index (χ2v) is 1.08. The summed E-state index contributed by atoms with van der Waals surface area (Å²) in [4.78, 5) is 0. The summed E-state index contributed by atoms with van der Waals surface area (Å²) in [6, 6.07) is 12.5. The van der Waals surface area contributed by atoms with Crippen LogP contribution in [0, 0.1) is 20.9 Å². The Kier molecular flexibility index (Phi) is 19.5. The smallest absolute Gasteiger partial charge is 0 e. The summed E-state index contributed by atoms with van der Waals surface area (Å²) in [5.74, 6) is 0. The molecule has 0 spiro atoms.